The van der Waals surface area contributed by atoms with E-state index >= 15 is 0 Å². The first kappa shape index (κ1) is 29.3. The van der Waals surface area contributed by atoms with Crippen LogP contribution in [0.15, 0.2) is 0 Å². The molecule has 0 aromatic carbocycles. The van der Waals surface area contributed by atoms with Gasteiger partial charge in [0, 0.05) is 11.9 Å². The van der Waals surface area contributed by atoms with E-state index in [4.69, 9.17) is 5.11 Å². The molecule has 0 aliphatic carbocycles. The Kier molecular flexibility index (Phi) is 47.3. The number of carbonyl (C=O) groups is 2. The average molecular weight is 215 g/mol. The van der Waals surface area contributed by atoms with Crippen molar-refractivity contribution >= 4 is 11.9 Å². The molecule has 0 atom stereocenters. The summed E-state index contributed by atoms with van der Waals surface area (Å²) in [7, 11) is 0. The highest BCUT2D eigenvalue weighted by atomic mass is 16.4. The smallest absolute Gasteiger partial charge is 0.0418 e. The third kappa shape index (κ3) is 72.2. The highest BCUT2D eigenvalue weighted by molar-refractivity contribution is 5.72. The summed E-state index contributed by atoms with van der Waals surface area (Å²) in [6, 6.07) is 0. The molecule has 0 saturated carbocycles. The number of carboxylic acids is 2. The van der Waals surface area contributed by atoms with Crippen molar-refractivity contribution in [3.8, 4) is 0 Å². The molecule has 0 bridgehead atoms. The molecular formula is C6H21N3O5. The van der Waals surface area contributed by atoms with Crippen LogP contribution in [-0.2, 0) is 9.59 Å². The summed E-state index contributed by atoms with van der Waals surface area (Å²) in [5.41, 5.74) is 0. The van der Waals surface area contributed by atoms with Crippen LogP contribution in [0, 0.1) is 0 Å². The van der Waals surface area contributed by atoms with Crippen LogP contribution in [0.25, 0.3) is 0 Å². The highest BCUT2D eigenvalue weighted by Gasteiger charge is 1.85. The van der Waals surface area contributed by atoms with Gasteiger partial charge in [0.2, 0.25) is 0 Å². The quantitative estimate of drug-likeness (QED) is 0.474. The zero-order valence-electron chi connectivity index (χ0n) is 9.16. The summed E-state index contributed by atoms with van der Waals surface area (Å²) in [5, 5.41) is 27.9. The number of hydrogen-bond acceptors (Lipinski definition) is 5. The Morgan fingerprint density at radius 1 is 0.929 bits per heavy atom. The number of carboxylic acid groups (broad SMARTS) is 2. The second kappa shape index (κ2) is 22.6. The van der Waals surface area contributed by atoms with Crippen molar-refractivity contribution in [2.75, 3.05) is 6.61 Å². The van der Waals surface area contributed by atoms with Crippen molar-refractivity contribution in [1.82, 2.24) is 18.5 Å². The fraction of sp³-hybridized carbons (Fsp3) is 0.667. The van der Waals surface area contributed by atoms with Gasteiger partial charge in [0.25, 0.3) is 0 Å². The monoisotopic (exact) mass is 215 g/mol. The zero-order valence-corrected chi connectivity index (χ0v) is 9.16. The fourth-order valence-electron chi connectivity index (χ4n) is 0.204. The van der Waals surface area contributed by atoms with Crippen LogP contribution in [0.3, 0.4) is 0 Å². The van der Waals surface area contributed by atoms with Crippen LogP contribution in [0.1, 0.15) is 19.8 Å². The van der Waals surface area contributed by atoms with E-state index in [0.29, 0.717) is 0 Å². The van der Waals surface area contributed by atoms with E-state index < -0.39 is 24.8 Å². The molecule has 0 rings (SSSR count). The van der Waals surface area contributed by atoms with Crippen molar-refractivity contribution in [1.29, 1.82) is 0 Å². The van der Waals surface area contributed by atoms with E-state index in [0.717, 1.165) is 0 Å². The van der Waals surface area contributed by atoms with Crippen LogP contribution < -0.4 is 33.8 Å². The molecule has 0 aromatic rings. The second-order valence-electron chi connectivity index (χ2n) is 1.53. The van der Waals surface area contributed by atoms with Crippen LogP contribution >= 0.6 is 0 Å². The van der Waals surface area contributed by atoms with Gasteiger partial charge < -0.3 is 43.4 Å². The van der Waals surface area contributed by atoms with E-state index in [1.54, 1.807) is 6.92 Å². The van der Waals surface area contributed by atoms with Crippen molar-refractivity contribution < 1.29 is 24.9 Å². The van der Waals surface area contributed by atoms with Crippen molar-refractivity contribution in [2.24, 2.45) is 0 Å². The van der Waals surface area contributed by atoms with Crippen LogP contribution in [0.2, 0.25) is 0 Å². The third-order valence-corrected chi connectivity index (χ3v) is 0.533. The Bertz CT molecular complexity index is 117. The number of quaternary nitrogens is 3. The average Bonchev–Trinajstić information content (AvgIpc) is 1.85. The summed E-state index contributed by atoms with van der Waals surface area (Å²) >= 11 is 0. The van der Waals surface area contributed by atoms with Gasteiger partial charge >= 0.3 is 0 Å². The lowest BCUT2D eigenvalue weighted by atomic mass is 10.3. The van der Waals surface area contributed by atoms with Gasteiger partial charge in [-0.05, 0) is 12.8 Å². The van der Waals surface area contributed by atoms with Crippen LogP contribution in [0.5, 0.6) is 0 Å². The number of hydrogen-bond donors (Lipinski definition) is 3. The first-order valence-corrected chi connectivity index (χ1v) is 3.02. The van der Waals surface area contributed by atoms with Crippen molar-refractivity contribution in [2.45, 2.75) is 19.8 Å². The molecule has 90 valence electrons. The standard InChI is InChI=1S/C4H6O4.C2H5O.3H3N/c5-3(6)1-2-4(7)8;1-2-3;;;/h1-2H2,(H,5,6)(H,7,8);2H2,1H3;3*1H3/q;-1;;;/p+1. The number of aliphatic carboxylic acids is 2. The second-order valence-corrected chi connectivity index (χ2v) is 1.53. The normalized spacial score (nSPS) is 6.14. The van der Waals surface area contributed by atoms with E-state index in [1.165, 1.54) is 0 Å². The lowest BCUT2D eigenvalue weighted by molar-refractivity contribution is -0.361. The first-order valence-electron chi connectivity index (χ1n) is 3.02. The summed E-state index contributed by atoms with van der Waals surface area (Å²) in [6.07, 6.45) is -0.940. The molecule has 0 aliphatic rings. The minimum atomic E-state index is -1.37. The number of carbonyl (C=O) groups excluding carboxylic acids is 2. The molecule has 8 heteroatoms. The third-order valence-electron chi connectivity index (χ3n) is 0.533. The minimum absolute atomic E-state index is 0. The summed E-state index contributed by atoms with van der Waals surface area (Å²) < 4.78 is 0. The van der Waals surface area contributed by atoms with Crippen molar-refractivity contribution in [3.63, 3.8) is 0 Å². The molecule has 0 aromatic heterocycles. The van der Waals surface area contributed by atoms with Crippen LogP contribution in [-0.4, -0.2) is 18.5 Å². The molecule has 0 spiro atoms. The Hall–Kier alpha value is -1.22. The summed E-state index contributed by atoms with van der Waals surface area (Å²) in [6.45, 7) is 1.57. The minimum Gasteiger partial charge on any atom is -0.855 e. The molecule has 0 unspecified atom stereocenters. The fourth-order valence-corrected chi connectivity index (χ4v) is 0.204. The van der Waals surface area contributed by atoms with Gasteiger partial charge in [-0.15, -0.1) is 6.61 Å². The Morgan fingerprint density at radius 2 is 1.07 bits per heavy atom. The molecule has 8 nitrogen and oxygen atoms in total. The molecule has 0 aliphatic heterocycles. The maximum absolute atomic E-state index is 9.50. The molecule has 0 fully saturated rings. The maximum atomic E-state index is 9.50. The van der Waals surface area contributed by atoms with Gasteiger partial charge in [-0.25, -0.2) is 0 Å². The predicted molar refractivity (Wildman–Crippen MR) is 47.7 cm³/mol. The number of rotatable bonds is 3. The van der Waals surface area contributed by atoms with E-state index in [9.17, 15) is 19.8 Å². The molecular weight excluding hydrogens is 194 g/mol. The molecule has 12 N–H and O–H groups in total. The van der Waals surface area contributed by atoms with E-state index in [-0.39, 0.29) is 25.1 Å². The van der Waals surface area contributed by atoms with Gasteiger partial charge in [0.1, 0.15) is 0 Å². The lowest BCUT2D eigenvalue weighted by Crippen LogP contribution is -2.27. The SMILES string of the molecule is CC[O-].O=C([O-])CCC(=O)[O-].[NH4+].[NH4+].[NH4+]. The maximum Gasteiger partial charge on any atom is 0.0418 e. The Balaban J connectivity index is -0.0000000405. The van der Waals surface area contributed by atoms with Gasteiger partial charge in [0.05, 0.1) is 0 Å². The topological polar surface area (TPSA) is 213 Å². The highest BCUT2D eigenvalue weighted by Crippen LogP contribution is 1.81. The van der Waals surface area contributed by atoms with Gasteiger partial charge in [-0.1, -0.05) is 6.92 Å². The molecule has 0 radical (unpaired) electrons. The zero-order chi connectivity index (χ0) is 9.28. The van der Waals surface area contributed by atoms with Crippen molar-refractivity contribution in [3.05, 3.63) is 0 Å². The van der Waals surface area contributed by atoms with Gasteiger partial charge in [-0.2, -0.15) is 0 Å². The molecule has 0 saturated heterocycles. The molecule has 14 heavy (non-hydrogen) atoms. The first-order chi connectivity index (χ1) is 5.04. The Morgan fingerprint density at radius 3 is 1.14 bits per heavy atom. The van der Waals surface area contributed by atoms with Crippen LogP contribution in [0.4, 0.5) is 0 Å². The Labute approximate surface area is 82.7 Å². The lowest BCUT2D eigenvalue weighted by Gasteiger charge is -2.00. The molecule has 0 amide bonds. The summed E-state index contributed by atoms with van der Waals surface area (Å²) in [4.78, 5) is 19.0. The molecule has 0 heterocycles. The van der Waals surface area contributed by atoms with E-state index in [2.05, 4.69) is 0 Å². The summed E-state index contributed by atoms with van der Waals surface area (Å²) in [5.74, 6) is -2.73. The van der Waals surface area contributed by atoms with E-state index in [1.807, 2.05) is 0 Å². The van der Waals surface area contributed by atoms with Gasteiger partial charge in [0.15, 0.2) is 0 Å². The predicted octanol–water partition coefficient (Wildman–Crippen LogP) is -2.24. The largest absolute Gasteiger partial charge is 0.855 e. The van der Waals surface area contributed by atoms with Gasteiger partial charge in [-0.3, -0.25) is 0 Å².